The molecule has 0 bridgehead atoms. The van der Waals surface area contributed by atoms with E-state index in [1.807, 2.05) is 24.3 Å². The smallest absolute Gasteiger partial charge is 0.550 e. The van der Waals surface area contributed by atoms with Crippen LogP contribution in [-0.4, -0.2) is 11.1 Å². The largest absolute Gasteiger partial charge is 1.00 e. The van der Waals surface area contributed by atoms with E-state index in [-0.39, 0.29) is 41.9 Å². The van der Waals surface area contributed by atoms with Gasteiger partial charge in [-0.25, -0.2) is 0 Å². The van der Waals surface area contributed by atoms with E-state index in [4.69, 9.17) is 0 Å². The van der Waals surface area contributed by atoms with Crippen LogP contribution >= 0.6 is 0 Å². The van der Waals surface area contributed by atoms with Crippen LogP contribution in [0.1, 0.15) is 36.5 Å². The number of hydrogen-bond acceptors (Lipinski definition) is 3. The molecule has 0 aliphatic heterocycles. The van der Waals surface area contributed by atoms with Gasteiger partial charge in [-0.05, 0) is 42.7 Å². The summed E-state index contributed by atoms with van der Waals surface area (Å²) in [4.78, 5) is 10.6. The maximum absolute atomic E-state index is 10.6. The Morgan fingerprint density at radius 2 is 2.12 bits per heavy atom. The molecule has 1 N–H and O–H groups in total. The molecule has 1 aromatic carbocycles. The van der Waals surface area contributed by atoms with Gasteiger partial charge in [0.15, 0.2) is 0 Å². The van der Waals surface area contributed by atoms with E-state index < -0.39 is 12.1 Å². The van der Waals surface area contributed by atoms with Gasteiger partial charge in [-0.2, -0.15) is 0 Å². The summed E-state index contributed by atoms with van der Waals surface area (Å²) in [6, 6.07) is 7.71. The Labute approximate surface area is 123 Å². The Hall–Kier alpha value is -0.350. The number of aliphatic carboxylic acids is 1. The van der Waals surface area contributed by atoms with Crippen LogP contribution in [0.25, 0.3) is 0 Å². The number of carboxylic acid groups (broad SMARTS) is 1. The van der Waals surface area contributed by atoms with Crippen molar-refractivity contribution in [2.24, 2.45) is 5.92 Å². The van der Waals surface area contributed by atoms with E-state index in [0.29, 0.717) is 0 Å². The molecule has 0 aromatic heterocycles. The van der Waals surface area contributed by atoms with Crippen LogP contribution < -0.4 is 34.7 Å². The van der Waals surface area contributed by atoms with Crippen LogP contribution in [0.3, 0.4) is 0 Å². The van der Waals surface area contributed by atoms with Crippen molar-refractivity contribution in [3.8, 4) is 0 Å². The fraction of sp³-hybridized carbons (Fsp3) is 0.462. The maximum Gasteiger partial charge on any atom is 1.00 e. The Kier molecular flexibility index (Phi) is 5.67. The van der Waals surface area contributed by atoms with E-state index in [1.54, 1.807) is 0 Å². The third-order valence-corrected chi connectivity index (χ3v) is 3.27. The fourth-order valence-corrected chi connectivity index (χ4v) is 2.44. The number of carbonyl (C=O) groups excluding carboxylic acids is 1. The number of aliphatic hydroxyl groups is 1. The van der Waals surface area contributed by atoms with Gasteiger partial charge in [0, 0.05) is 5.97 Å². The van der Waals surface area contributed by atoms with Crippen molar-refractivity contribution >= 4 is 5.97 Å². The molecule has 17 heavy (non-hydrogen) atoms. The Balaban J connectivity index is 0.00000144. The fourth-order valence-electron chi connectivity index (χ4n) is 2.44. The topological polar surface area (TPSA) is 60.4 Å². The molecule has 2 unspecified atom stereocenters. The van der Waals surface area contributed by atoms with Crippen LogP contribution in [0, 0.1) is 5.92 Å². The van der Waals surface area contributed by atoms with Crippen molar-refractivity contribution in [3.63, 3.8) is 0 Å². The van der Waals surface area contributed by atoms with Crippen LogP contribution in [0.4, 0.5) is 0 Å². The summed E-state index contributed by atoms with van der Waals surface area (Å²) >= 11 is 0. The SMILES string of the molecule is O=C([O-])CC1CCCc2ccccc2C1O.[Na+]. The number of carboxylic acids is 1. The minimum absolute atomic E-state index is 0. The van der Waals surface area contributed by atoms with Crippen molar-refractivity contribution < 1.29 is 44.6 Å². The average Bonchev–Trinajstić information content (AvgIpc) is 2.40. The van der Waals surface area contributed by atoms with Gasteiger partial charge in [-0.3, -0.25) is 0 Å². The van der Waals surface area contributed by atoms with E-state index in [0.717, 1.165) is 30.4 Å². The van der Waals surface area contributed by atoms with Gasteiger partial charge in [-0.1, -0.05) is 24.3 Å². The van der Waals surface area contributed by atoms with Crippen molar-refractivity contribution in [1.29, 1.82) is 0 Å². The number of aliphatic hydroxyl groups excluding tert-OH is 1. The summed E-state index contributed by atoms with van der Waals surface area (Å²) in [5.41, 5.74) is 2.02. The number of aryl methyl sites for hydroxylation is 1. The number of benzene rings is 1. The number of rotatable bonds is 2. The second kappa shape index (κ2) is 6.55. The molecule has 2 atom stereocenters. The van der Waals surface area contributed by atoms with Crippen LogP contribution in [0.15, 0.2) is 24.3 Å². The third-order valence-electron chi connectivity index (χ3n) is 3.27. The van der Waals surface area contributed by atoms with Crippen molar-refractivity contribution in [3.05, 3.63) is 35.4 Å². The minimum Gasteiger partial charge on any atom is -0.550 e. The molecular weight excluding hydrogens is 227 g/mol. The van der Waals surface area contributed by atoms with Gasteiger partial charge in [0.25, 0.3) is 0 Å². The first-order chi connectivity index (χ1) is 7.68. The van der Waals surface area contributed by atoms with E-state index in [9.17, 15) is 15.0 Å². The Morgan fingerprint density at radius 1 is 1.41 bits per heavy atom. The first-order valence-corrected chi connectivity index (χ1v) is 5.64. The number of carbonyl (C=O) groups is 1. The summed E-state index contributed by atoms with van der Waals surface area (Å²) in [6.45, 7) is 0. The van der Waals surface area contributed by atoms with E-state index in [1.165, 1.54) is 0 Å². The monoisotopic (exact) mass is 242 g/mol. The summed E-state index contributed by atoms with van der Waals surface area (Å²) in [5.74, 6) is -1.29. The molecule has 1 aromatic rings. The number of fused-ring (bicyclic) bond motifs is 1. The molecule has 0 heterocycles. The first kappa shape index (κ1) is 14.7. The van der Waals surface area contributed by atoms with Gasteiger partial charge in [0.1, 0.15) is 0 Å². The van der Waals surface area contributed by atoms with Gasteiger partial charge in [-0.15, -0.1) is 0 Å². The van der Waals surface area contributed by atoms with Gasteiger partial charge in [0.05, 0.1) is 6.10 Å². The van der Waals surface area contributed by atoms with Crippen LogP contribution in [-0.2, 0) is 11.2 Å². The maximum atomic E-state index is 10.6. The predicted octanol–water partition coefficient (Wildman–Crippen LogP) is -2.18. The molecule has 1 aliphatic rings. The normalized spacial score (nSPS) is 23.1. The van der Waals surface area contributed by atoms with Gasteiger partial charge in [0.2, 0.25) is 0 Å². The van der Waals surface area contributed by atoms with Gasteiger partial charge >= 0.3 is 29.6 Å². The predicted molar refractivity (Wildman–Crippen MR) is 57.5 cm³/mol. The molecule has 4 heteroatoms. The molecule has 1 aliphatic carbocycles. The molecule has 0 radical (unpaired) electrons. The molecular formula is C13H15NaO3. The molecule has 0 amide bonds. The molecule has 0 saturated carbocycles. The minimum atomic E-state index is -1.08. The Morgan fingerprint density at radius 3 is 2.82 bits per heavy atom. The van der Waals surface area contributed by atoms with E-state index >= 15 is 0 Å². The first-order valence-electron chi connectivity index (χ1n) is 5.64. The summed E-state index contributed by atoms with van der Waals surface area (Å²) in [6.07, 6.45) is 1.85. The summed E-state index contributed by atoms with van der Waals surface area (Å²) in [5, 5.41) is 20.8. The second-order valence-corrected chi connectivity index (χ2v) is 4.37. The zero-order chi connectivity index (χ0) is 11.5. The quantitative estimate of drug-likeness (QED) is 0.474. The van der Waals surface area contributed by atoms with Crippen molar-refractivity contribution in [1.82, 2.24) is 0 Å². The molecule has 0 saturated heterocycles. The second-order valence-electron chi connectivity index (χ2n) is 4.37. The summed E-state index contributed by atoms with van der Waals surface area (Å²) in [7, 11) is 0. The van der Waals surface area contributed by atoms with Crippen molar-refractivity contribution in [2.75, 3.05) is 0 Å². The van der Waals surface area contributed by atoms with Crippen LogP contribution in [0.5, 0.6) is 0 Å². The molecule has 86 valence electrons. The number of hydrogen-bond donors (Lipinski definition) is 1. The Bertz CT molecular complexity index is 392. The standard InChI is InChI=1S/C13H16O3.Na/c14-12(15)8-10-6-3-5-9-4-1-2-7-11(9)13(10)16;/h1-2,4,7,10,13,16H,3,5-6,8H2,(H,14,15);/q;+1/p-1. The molecule has 2 rings (SSSR count). The molecule has 3 nitrogen and oxygen atoms in total. The zero-order valence-electron chi connectivity index (χ0n) is 10.1. The van der Waals surface area contributed by atoms with Crippen LogP contribution in [0.2, 0.25) is 0 Å². The van der Waals surface area contributed by atoms with E-state index in [2.05, 4.69) is 0 Å². The zero-order valence-corrected chi connectivity index (χ0v) is 12.1. The van der Waals surface area contributed by atoms with Crippen molar-refractivity contribution in [2.45, 2.75) is 31.8 Å². The molecule has 0 spiro atoms. The molecule has 0 fully saturated rings. The van der Waals surface area contributed by atoms with Gasteiger partial charge < -0.3 is 15.0 Å². The third kappa shape index (κ3) is 3.55. The summed E-state index contributed by atoms with van der Waals surface area (Å²) < 4.78 is 0. The average molecular weight is 242 g/mol.